The number of anilines is 2. The van der Waals surface area contributed by atoms with Gasteiger partial charge in [-0.2, -0.15) is 4.98 Å². The summed E-state index contributed by atoms with van der Waals surface area (Å²) >= 11 is 9.07. The molecule has 3 aromatic rings. The molecule has 22 heavy (non-hydrogen) atoms. The molecule has 0 fully saturated rings. The number of aromatic nitrogens is 4. The first kappa shape index (κ1) is 15.3. The van der Waals surface area contributed by atoms with Crippen LogP contribution in [-0.2, 0) is 5.75 Å². The average Bonchev–Trinajstić information content (AvgIpc) is 3.10. The maximum absolute atomic E-state index is 6.10. The summed E-state index contributed by atoms with van der Waals surface area (Å²) in [6.07, 6.45) is 0. The van der Waals surface area contributed by atoms with Gasteiger partial charge in [-0.25, -0.2) is 0 Å². The second kappa shape index (κ2) is 6.64. The molecule has 0 aliphatic rings. The van der Waals surface area contributed by atoms with Crippen LogP contribution in [0.5, 0.6) is 0 Å². The van der Waals surface area contributed by atoms with Gasteiger partial charge in [0.1, 0.15) is 0 Å². The zero-order valence-electron chi connectivity index (χ0n) is 11.8. The predicted octanol–water partition coefficient (Wildman–Crippen LogP) is 4.23. The van der Waals surface area contributed by atoms with E-state index >= 15 is 0 Å². The molecular weight excluding hydrogens is 342 g/mol. The molecule has 114 valence electrons. The Morgan fingerprint density at radius 2 is 2.18 bits per heavy atom. The Morgan fingerprint density at radius 1 is 1.32 bits per heavy atom. The Hall–Kier alpha value is -1.64. The molecule has 0 saturated heterocycles. The Kier molecular flexibility index (Phi) is 4.60. The van der Waals surface area contributed by atoms with Crippen LogP contribution in [0.15, 0.2) is 27.1 Å². The number of benzene rings is 1. The van der Waals surface area contributed by atoms with Gasteiger partial charge in [-0.05, 0) is 31.5 Å². The van der Waals surface area contributed by atoms with Crippen molar-refractivity contribution in [3.8, 4) is 0 Å². The number of nitrogens with zero attached hydrogens (tertiary/aromatic N) is 4. The summed E-state index contributed by atoms with van der Waals surface area (Å²) in [5.41, 5.74) is 1.92. The van der Waals surface area contributed by atoms with Gasteiger partial charge in [0.05, 0.1) is 5.75 Å². The number of hydrogen-bond acceptors (Lipinski definition) is 8. The molecule has 6 nitrogen and oxygen atoms in total. The van der Waals surface area contributed by atoms with Crippen LogP contribution in [0.4, 0.5) is 10.8 Å². The monoisotopic (exact) mass is 353 g/mol. The molecule has 2 aromatic heterocycles. The average molecular weight is 354 g/mol. The molecule has 0 atom stereocenters. The highest BCUT2D eigenvalue weighted by molar-refractivity contribution is 8.00. The van der Waals surface area contributed by atoms with Gasteiger partial charge >= 0.3 is 0 Å². The zero-order chi connectivity index (χ0) is 15.5. The lowest BCUT2D eigenvalue weighted by Gasteiger charge is -2.03. The maximum atomic E-state index is 6.10. The lowest BCUT2D eigenvalue weighted by Crippen LogP contribution is -1.89. The van der Waals surface area contributed by atoms with E-state index in [1.165, 1.54) is 23.1 Å². The Bertz CT molecular complexity index is 788. The van der Waals surface area contributed by atoms with Gasteiger partial charge in [-0.3, -0.25) is 0 Å². The number of nitrogens with one attached hydrogen (secondary N) is 1. The highest BCUT2D eigenvalue weighted by Gasteiger charge is 2.09. The van der Waals surface area contributed by atoms with Gasteiger partial charge in [-0.15, -0.1) is 10.2 Å². The summed E-state index contributed by atoms with van der Waals surface area (Å²) in [7, 11) is 0. The quantitative estimate of drug-likeness (QED) is 0.688. The fourth-order valence-electron chi connectivity index (χ4n) is 1.63. The SMILES string of the molecule is Cc1noc(CSc2nnc(Nc3ccc(C)c(Cl)c3)s2)n1. The minimum absolute atomic E-state index is 0.575. The predicted molar refractivity (Wildman–Crippen MR) is 88.0 cm³/mol. The minimum Gasteiger partial charge on any atom is -0.338 e. The number of rotatable bonds is 5. The third-order valence-electron chi connectivity index (χ3n) is 2.72. The van der Waals surface area contributed by atoms with E-state index in [9.17, 15) is 0 Å². The van der Waals surface area contributed by atoms with E-state index in [1.54, 1.807) is 6.92 Å². The van der Waals surface area contributed by atoms with Crippen LogP contribution >= 0.6 is 34.7 Å². The summed E-state index contributed by atoms with van der Waals surface area (Å²) in [6, 6.07) is 5.78. The normalized spacial score (nSPS) is 10.9. The van der Waals surface area contributed by atoms with Crippen molar-refractivity contribution in [3.05, 3.63) is 40.5 Å². The fourth-order valence-corrected chi connectivity index (χ4v) is 3.43. The Balaban J connectivity index is 1.62. The lowest BCUT2D eigenvalue weighted by molar-refractivity contribution is 0.387. The standard InChI is InChI=1S/C13H12ClN5OS2/c1-7-3-4-9(5-10(7)14)16-12-17-18-13(22-12)21-6-11-15-8(2)19-20-11/h3-5H,6H2,1-2H3,(H,16,17). The maximum Gasteiger partial charge on any atom is 0.237 e. The largest absolute Gasteiger partial charge is 0.338 e. The van der Waals surface area contributed by atoms with Crippen molar-refractivity contribution in [2.75, 3.05) is 5.32 Å². The van der Waals surface area contributed by atoms with E-state index < -0.39 is 0 Å². The Morgan fingerprint density at radius 3 is 2.91 bits per heavy atom. The summed E-state index contributed by atoms with van der Waals surface area (Å²) in [6.45, 7) is 3.75. The van der Waals surface area contributed by atoms with E-state index in [2.05, 4.69) is 25.7 Å². The van der Waals surface area contributed by atoms with Gasteiger partial charge in [-0.1, -0.05) is 45.9 Å². The first-order valence-corrected chi connectivity index (χ1v) is 8.57. The van der Waals surface area contributed by atoms with Crippen molar-refractivity contribution in [2.24, 2.45) is 0 Å². The molecule has 0 aliphatic heterocycles. The molecule has 2 heterocycles. The molecule has 1 N–H and O–H groups in total. The van der Waals surface area contributed by atoms with E-state index in [4.69, 9.17) is 16.1 Å². The molecule has 0 radical (unpaired) electrons. The van der Waals surface area contributed by atoms with Gasteiger partial charge < -0.3 is 9.84 Å². The second-order valence-corrected chi connectivity index (χ2v) is 7.09. The van der Waals surface area contributed by atoms with Gasteiger partial charge in [0.2, 0.25) is 11.0 Å². The van der Waals surface area contributed by atoms with Crippen molar-refractivity contribution in [1.29, 1.82) is 0 Å². The smallest absolute Gasteiger partial charge is 0.237 e. The summed E-state index contributed by atoms with van der Waals surface area (Å²) < 4.78 is 5.89. The van der Waals surface area contributed by atoms with Crippen LogP contribution in [0.3, 0.4) is 0 Å². The molecule has 0 bridgehead atoms. The van der Waals surface area contributed by atoms with E-state index in [-0.39, 0.29) is 0 Å². The van der Waals surface area contributed by atoms with Crippen molar-refractivity contribution in [2.45, 2.75) is 23.9 Å². The van der Waals surface area contributed by atoms with Crippen molar-refractivity contribution >= 4 is 45.5 Å². The van der Waals surface area contributed by atoms with Crippen LogP contribution in [0, 0.1) is 13.8 Å². The topological polar surface area (TPSA) is 76.7 Å². The van der Waals surface area contributed by atoms with Crippen molar-refractivity contribution in [3.63, 3.8) is 0 Å². The third kappa shape index (κ3) is 3.76. The van der Waals surface area contributed by atoms with Gasteiger partial charge in [0, 0.05) is 10.7 Å². The molecule has 0 spiro atoms. The molecule has 0 saturated carbocycles. The van der Waals surface area contributed by atoms with Crippen LogP contribution in [0.1, 0.15) is 17.3 Å². The third-order valence-corrected chi connectivity index (χ3v) is 5.08. The van der Waals surface area contributed by atoms with Crippen LogP contribution in [0.2, 0.25) is 5.02 Å². The highest BCUT2D eigenvalue weighted by atomic mass is 35.5. The highest BCUT2D eigenvalue weighted by Crippen LogP contribution is 2.30. The minimum atomic E-state index is 0.575. The summed E-state index contributed by atoms with van der Waals surface area (Å²) in [4.78, 5) is 4.15. The van der Waals surface area contributed by atoms with E-state index in [0.717, 1.165) is 20.6 Å². The number of halogens is 1. The van der Waals surface area contributed by atoms with Crippen LogP contribution in [0.25, 0.3) is 0 Å². The lowest BCUT2D eigenvalue weighted by atomic mass is 10.2. The van der Waals surface area contributed by atoms with Gasteiger partial charge in [0.25, 0.3) is 0 Å². The molecule has 1 aromatic carbocycles. The molecule has 0 unspecified atom stereocenters. The summed E-state index contributed by atoms with van der Waals surface area (Å²) in [5, 5.41) is 16.6. The van der Waals surface area contributed by atoms with E-state index in [0.29, 0.717) is 22.6 Å². The van der Waals surface area contributed by atoms with Crippen molar-refractivity contribution < 1.29 is 4.52 Å². The molecule has 0 aliphatic carbocycles. The summed E-state index contributed by atoms with van der Waals surface area (Å²) in [5.74, 6) is 1.79. The number of thioether (sulfide) groups is 1. The molecule has 9 heteroatoms. The van der Waals surface area contributed by atoms with Gasteiger partial charge in [0.15, 0.2) is 10.2 Å². The Labute approximate surface area is 140 Å². The second-order valence-electron chi connectivity index (χ2n) is 4.49. The molecule has 0 amide bonds. The molecule has 3 rings (SSSR count). The zero-order valence-corrected chi connectivity index (χ0v) is 14.2. The van der Waals surface area contributed by atoms with Crippen LogP contribution in [-0.4, -0.2) is 20.3 Å². The number of hydrogen-bond donors (Lipinski definition) is 1. The van der Waals surface area contributed by atoms with Crippen LogP contribution < -0.4 is 5.32 Å². The molecular formula is C13H12ClN5OS2. The number of aryl methyl sites for hydroxylation is 2. The first-order valence-electron chi connectivity index (χ1n) is 6.39. The first-order chi connectivity index (χ1) is 10.6. The fraction of sp³-hybridized carbons (Fsp3) is 0.231. The van der Waals surface area contributed by atoms with E-state index in [1.807, 2.05) is 25.1 Å². The van der Waals surface area contributed by atoms with Crippen molar-refractivity contribution in [1.82, 2.24) is 20.3 Å².